The lowest BCUT2D eigenvalue weighted by Crippen LogP contribution is -2.03. The molecule has 0 aliphatic carbocycles. The fraction of sp³-hybridized carbons (Fsp3) is 0.0667. The fourth-order valence-electron chi connectivity index (χ4n) is 2.26. The number of hydrogen-bond acceptors (Lipinski definition) is 4. The standard InChI is InChI=1S/C15H12N6/c1-2-6-11(7-3-1)15-16-14(18-19-15)10-21-13-9-5-4-8-12(13)17-20-21/h1-9H,10H2,(H,16,18,19). The van der Waals surface area contributed by atoms with Gasteiger partial charge in [-0.15, -0.1) is 5.10 Å². The summed E-state index contributed by atoms with van der Waals surface area (Å²) in [6, 6.07) is 17.7. The first kappa shape index (κ1) is 11.8. The second kappa shape index (κ2) is 4.82. The molecule has 0 saturated carbocycles. The van der Waals surface area contributed by atoms with Crippen LogP contribution in [0.5, 0.6) is 0 Å². The highest BCUT2D eigenvalue weighted by Gasteiger charge is 2.09. The molecule has 1 N–H and O–H groups in total. The number of nitrogens with zero attached hydrogens (tertiary/aromatic N) is 5. The molecule has 0 aliphatic heterocycles. The first-order valence-corrected chi connectivity index (χ1v) is 6.65. The summed E-state index contributed by atoms with van der Waals surface area (Å²) in [6.07, 6.45) is 0. The van der Waals surface area contributed by atoms with Crippen LogP contribution < -0.4 is 0 Å². The molecule has 0 radical (unpaired) electrons. The Morgan fingerprint density at radius 2 is 1.76 bits per heavy atom. The quantitative estimate of drug-likeness (QED) is 0.623. The molecule has 2 aromatic heterocycles. The molecule has 0 saturated heterocycles. The lowest BCUT2D eigenvalue weighted by atomic mass is 10.2. The van der Waals surface area contributed by atoms with Gasteiger partial charge in [-0.3, -0.25) is 5.10 Å². The summed E-state index contributed by atoms with van der Waals surface area (Å²) >= 11 is 0. The van der Waals surface area contributed by atoms with E-state index in [1.54, 1.807) is 0 Å². The number of rotatable bonds is 3. The van der Waals surface area contributed by atoms with Crippen LogP contribution in [0.2, 0.25) is 0 Å². The van der Waals surface area contributed by atoms with Crippen LogP contribution in [-0.4, -0.2) is 30.2 Å². The molecule has 2 heterocycles. The van der Waals surface area contributed by atoms with Crippen LogP contribution in [0.25, 0.3) is 22.4 Å². The Kier molecular flexibility index (Phi) is 2.71. The Bertz CT molecular complexity index is 877. The van der Waals surface area contributed by atoms with E-state index >= 15 is 0 Å². The molecule has 0 fully saturated rings. The zero-order chi connectivity index (χ0) is 14.1. The molecule has 0 aliphatic rings. The molecule has 0 spiro atoms. The Hall–Kier alpha value is -3.02. The van der Waals surface area contributed by atoms with Crippen molar-refractivity contribution in [2.45, 2.75) is 6.54 Å². The molecular formula is C15H12N6. The van der Waals surface area contributed by atoms with Gasteiger partial charge >= 0.3 is 0 Å². The van der Waals surface area contributed by atoms with E-state index in [-0.39, 0.29) is 0 Å². The maximum atomic E-state index is 4.51. The van der Waals surface area contributed by atoms with Crippen molar-refractivity contribution in [2.75, 3.05) is 0 Å². The van der Waals surface area contributed by atoms with Gasteiger partial charge in [0.05, 0.1) is 5.52 Å². The molecule has 0 unspecified atom stereocenters. The third-order valence-corrected chi connectivity index (χ3v) is 3.28. The number of aromatic nitrogens is 6. The van der Waals surface area contributed by atoms with Crippen LogP contribution in [0.3, 0.4) is 0 Å². The highest BCUT2D eigenvalue weighted by atomic mass is 15.4. The van der Waals surface area contributed by atoms with Gasteiger partial charge in [-0.05, 0) is 12.1 Å². The van der Waals surface area contributed by atoms with Crippen molar-refractivity contribution >= 4 is 11.0 Å². The molecule has 6 nitrogen and oxygen atoms in total. The van der Waals surface area contributed by atoms with E-state index in [1.807, 2.05) is 59.3 Å². The second-order valence-electron chi connectivity index (χ2n) is 4.71. The predicted octanol–water partition coefficient (Wildman–Crippen LogP) is 2.26. The monoisotopic (exact) mass is 276 g/mol. The Morgan fingerprint density at radius 3 is 2.67 bits per heavy atom. The number of benzene rings is 2. The van der Waals surface area contributed by atoms with Crippen LogP contribution in [0, 0.1) is 0 Å². The number of hydrogen-bond donors (Lipinski definition) is 1. The van der Waals surface area contributed by atoms with Gasteiger partial charge in [0.25, 0.3) is 0 Å². The van der Waals surface area contributed by atoms with Crippen molar-refractivity contribution in [3.05, 3.63) is 60.4 Å². The highest BCUT2D eigenvalue weighted by molar-refractivity contribution is 5.73. The van der Waals surface area contributed by atoms with Crippen LogP contribution in [0.4, 0.5) is 0 Å². The van der Waals surface area contributed by atoms with E-state index in [0.29, 0.717) is 12.4 Å². The Balaban J connectivity index is 1.65. The Labute approximate surface area is 120 Å². The Morgan fingerprint density at radius 1 is 0.952 bits per heavy atom. The van der Waals surface area contributed by atoms with Gasteiger partial charge in [0.15, 0.2) is 5.82 Å². The largest absolute Gasteiger partial charge is 0.261 e. The minimum atomic E-state index is 0.514. The number of H-pyrrole nitrogens is 1. The summed E-state index contributed by atoms with van der Waals surface area (Å²) in [7, 11) is 0. The lowest BCUT2D eigenvalue weighted by molar-refractivity contribution is 0.645. The van der Waals surface area contributed by atoms with Gasteiger partial charge in [-0.25, -0.2) is 9.67 Å². The molecule has 4 rings (SSSR count). The minimum absolute atomic E-state index is 0.514. The van der Waals surface area contributed by atoms with Crippen molar-refractivity contribution in [2.24, 2.45) is 0 Å². The van der Waals surface area contributed by atoms with E-state index in [4.69, 9.17) is 0 Å². The average molecular weight is 276 g/mol. The second-order valence-corrected chi connectivity index (χ2v) is 4.71. The van der Waals surface area contributed by atoms with Crippen molar-refractivity contribution in [1.29, 1.82) is 0 Å². The summed E-state index contributed by atoms with van der Waals surface area (Å²) < 4.78 is 1.81. The molecule has 21 heavy (non-hydrogen) atoms. The van der Waals surface area contributed by atoms with E-state index in [1.165, 1.54) is 0 Å². The summed E-state index contributed by atoms with van der Waals surface area (Å²) in [5, 5.41) is 15.5. The first-order chi connectivity index (χ1) is 10.4. The van der Waals surface area contributed by atoms with Gasteiger partial charge in [0.1, 0.15) is 17.9 Å². The van der Waals surface area contributed by atoms with Gasteiger partial charge < -0.3 is 0 Å². The number of nitrogens with one attached hydrogen (secondary N) is 1. The van der Waals surface area contributed by atoms with E-state index in [9.17, 15) is 0 Å². The van der Waals surface area contributed by atoms with Gasteiger partial charge in [0, 0.05) is 5.56 Å². The smallest absolute Gasteiger partial charge is 0.181 e. The molecule has 0 atom stereocenters. The predicted molar refractivity (Wildman–Crippen MR) is 78.4 cm³/mol. The van der Waals surface area contributed by atoms with Gasteiger partial charge in [-0.1, -0.05) is 47.7 Å². The number of aromatic amines is 1. The van der Waals surface area contributed by atoms with E-state index < -0.39 is 0 Å². The summed E-state index contributed by atoms with van der Waals surface area (Å²) in [5.74, 6) is 1.44. The lowest BCUT2D eigenvalue weighted by Gasteiger charge is -1.97. The highest BCUT2D eigenvalue weighted by Crippen LogP contribution is 2.15. The molecule has 6 heteroatoms. The van der Waals surface area contributed by atoms with Crippen molar-refractivity contribution in [3.8, 4) is 11.4 Å². The van der Waals surface area contributed by atoms with Crippen molar-refractivity contribution in [1.82, 2.24) is 30.2 Å². The first-order valence-electron chi connectivity index (χ1n) is 6.65. The van der Waals surface area contributed by atoms with Gasteiger partial charge in [0.2, 0.25) is 0 Å². The molecule has 0 bridgehead atoms. The van der Waals surface area contributed by atoms with Gasteiger partial charge in [-0.2, -0.15) is 5.10 Å². The fourth-order valence-corrected chi connectivity index (χ4v) is 2.26. The van der Waals surface area contributed by atoms with Crippen LogP contribution >= 0.6 is 0 Å². The zero-order valence-corrected chi connectivity index (χ0v) is 11.1. The number of para-hydroxylation sites is 1. The van der Waals surface area contributed by atoms with Crippen LogP contribution in [-0.2, 0) is 6.54 Å². The summed E-state index contributed by atoms with van der Waals surface area (Å²) in [6.45, 7) is 0.514. The number of fused-ring (bicyclic) bond motifs is 1. The molecule has 102 valence electrons. The summed E-state index contributed by atoms with van der Waals surface area (Å²) in [5.41, 5.74) is 2.85. The average Bonchev–Trinajstić information content (AvgIpc) is 3.17. The van der Waals surface area contributed by atoms with E-state index in [2.05, 4.69) is 25.5 Å². The van der Waals surface area contributed by atoms with Crippen molar-refractivity contribution < 1.29 is 0 Å². The molecular weight excluding hydrogens is 264 g/mol. The normalized spacial score (nSPS) is 11.0. The van der Waals surface area contributed by atoms with E-state index in [0.717, 1.165) is 22.4 Å². The molecule has 4 aromatic rings. The molecule has 2 aromatic carbocycles. The third-order valence-electron chi connectivity index (χ3n) is 3.28. The van der Waals surface area contributed by atoms with Crippen LogP contribution in [0.1, 0.15) is 5.82 Å². The minimum Gasteiger partial charge on any atom is -0.261 e. The molecule has 0 amide bonds. The van der Waals surface area contributed by atoms with Crippen molar-refractivity contribution in [3.63, 3.8) is 0 Å². The summed E-state index contributed by atoms with van der Waals surface area (Å²) in [4.78, 5) is 4.51. The SMILES string of the molecule is c1ccc(-c2n[nH]c(Cn3nnc4ccccc43)n2)cc1. The maximum Gasteiger partial charge on any atom is 0.181 e. The topological polar surface area (TPSA) is 72.3 Å². The zero-order valence-electron chi connectivity index (χ0n) is 11.1. The third kappa shape index (κ3) is 2.16. The maximum absolute atomic E-state index is 4.51. The van der Waals surface area contributed by atoms with Crippen LogP contribution in [0.15, 0.2) is 54.6 Å².